The molecule has 5 atom stereocenters. The first-order valence-electron chi connectivity index (χ1n) is 14.4. The van der Waals surface area contributed by atoms with Gasteiger partial charge in [-0.1, -0.05) is 86.6 Å². The van der Waals surface area contributed by atoms with Crippen molar-refractivity contribution in [2.24, 2.45) is 5.92 Å². The van der Waals surface area contributed by atoms with Crippen LogP contribution in [-0.4, -0.2) is 66.1 Å². The van der Waals surface area contributed by atoms with E-state index >= 15 is 0 Å². The van der Waals surface area contributed by atoms with Crippen molar-refractivity contribution in [2.75, 3.05) is 14.1 Å². The maximum Gasteiger partial charge on any atom is 0.249 e. The van der Waals surface area contributed by atoms with E-state index in [2.05, 4.69) is 16.0 Å². The molecule has 43 heavy (non-hydrogen) atoms. The molecule has 9 heteroatoms. The number of benzene rings is 3. The molecule has 3 aromatic carbocycles. The Morgan fingerprint density at radius 2 is 1.56 bits per heavy atom. The van der Waals surface area contributed by atoms with E-state index in [0.717, 1.165) is 11.1 Å². The Balaban J connectivity index is 1.72. The molecule has 3 amide bonds. The third kappa shape index (κ3) is 8.30. The summed E-state index contributed by atoms with van der Waals surface area (Å²) in [6, 6.07) is 22.3. The number of carbonyl (C=O) groups excluding carboxylic acids is 3. The fourth-order valence-corrected chi connectivity index (χ4v) is 4.98. The lowest BCUT2D eigenvalue weighted by atomic mass is 9.95. The monoisotopic (exact) mass is 584 g/mol. The number of nitrogens with zero attached hydrogens (tertiary/aromatic N) is 1. The Morgan fingerprint density at radius 1 is 0.930 bits per heavy atom. The molecule has 5 rings (SSSR count). The van der Waals surface area contributed by atoms with Gasteiger partial charge < -0.3 is 25.8 Å². The number of aliphatic hydroxyl groups excluding tert-OH is 1. The number of hydrogen-bond acceptors (Lipinski definition) is 6. The number of ether oxygens (including phenoxy) is 1. The van der Waals surface area contributed by atoms with Gasteiger partial charge in [-0.2, -0.15) is 0 Å². The number of fused-ring (bicyclic) bond motifs is 10. The van der Waals surface area contributed by atoms with Gasteiger partial charge >= 0.3 is 0 Å². The van der Waals surface area contributed by atoms with Gasteiger partial charge in [0.2, 0.25) is 17.7 Å². The van der Waals surface area contributed by atoms with Crippen LogP contribution in [0.25, 0.3) is 6.08 Å². The van der Waals surface area contributed by atoms with Crippen LogP contribution >= 0.6 is 0 Å². The third-order valence-corrected chi connectivity index (χ3v) is 7.45. The highest BCUT2D eigenvalue weighted by Crippen LogP contribution is 2.22. The molecule has 0 radical (unpaired) electrons. The number of nitrogens with one attached hydrogen (secondary N) is 3. The second-order valence-corrected chi connectivity index (χ2v) is 11.2. The Hall–Kier alpha value is -4.47. The molecule has 0 aromatic heterocycles. The quantitative estimate of drug-likeness (QED) is 0.323. The molecule has 0 saturated carbocycles. The van der Waals surface area contributed by atoms with Crippen LogP contribution < -0.4 is 20.7 Å². The second kappa shape index (κ2) is 14.6. The van der Waals surface area contributed by atoms with Crippen LogP contribution in [0.5, 0.6) is 5.75 Å². The zero-order valence-electron chi connectivity index (χ0n) is 24.9. The highest BCUT2D eigenvalue weighted by Gasteiger charge is 2.39. The summed E-state index contributed by atoms with van der Waals surface area (Å²) in [7, 11) is 3.62. The van der Waals surface area contributed by atoms with E-state index in [1.165, 1.54) is 6.20 Å². The average molecular weight is 585 g/mol. The molecule has 0 saturated heterocycles. The summed E-state index contributed by atoms with van der Waals surface area (Å²) in [5.74, 6) is -1.33. The van der Waals surface area contributed by atoms with E-state index < -0.39 is 42.1 Å². The first-order chi connectivity index (χ1) is 20.6. The topological polar surface area (TPSA) is 120 Å². The normalized spacial score (nSPS) is 21.2. The predicted octanol–water partition coefficient (Wildman–Crippen LogP) is 3.07. The molecule has 2 aliphatic heterocycles. The molecule has 4 N–H and O–H groups in total. The van der Waals surface area contributed by atoms with E-state index in [0.29, 0.717) is 17.7 Å². The van der Waals surface area contributed by atoms with Gasteiger partial charge in [0, 0.05) is 6.20 Å². The van der Waals surface area contributed by atoms with Crippen molar-refractivity contribution in [1.82, 2.24) is 20.9 Å². The van der Waals surface area contributed by atoms with Crippen LogP contribution in [0.15, 0.2) is 91.1 Å². The summed E-state index contributed by atoms with van der Waals surface area (Å²) in [4.78, 5) is 43.1. The standard InChI is InChI=1S/C34H40N4O5/c1-22(2)31-29(37-32(40)27(38(3)4)21-24-11-7-5-8-12-24)34(42)36-28(30(39)25-13-9-6-10-14-25)33(41)35-20-19-23-15-17-26(43-31)18-16-23/h5-20,22,27-31,39H,21H2,1-4H3,(H,35,41)(H,36,42)(H,37,40)/b20-19+/t27-,28-,29-,30?,31-/m0/s1. The molecule has 226 valence electrons. The number of likely N-dealkylation sites (N-methyl/N-ethyl adjacent to an activating group) is 1. The van der Waals surface area contributed by atoms with Crippen molar-refractivity contribution in [3.8, 4) is 5.75 Å². The summed E-state index contributed by atoms with van der Waals surface area (Å²) in [6.07, 6.45) is 1.44. The highest BCUT2D eigenvalue weighted by molar-refractivity contribution is 5.94. The van der Waals surface area contributed by atoms with Crippen molar-refractivity contribution in [3.05, 3.63) is 108 Å². The summed E-state index contributed by atoms with van der Waals surface area (Å²) >= 11 is 0. The lowest BCUT2D eigenvalue weighted by Crippen LogP contribution is -2.62. The van der Waals surface area contributed by atoms with Crippen molar-refractivity contribution in [1.29, 1.82) is 0 Å². The molecule has 2 aliphatic rings. The van der Waals surface area contributed by atoms with Crippen LogP contribution in [0, 0.1) is 5.92 Å². The lowest BCUT2D eigenvalue weighted by Gasteiger charge is -2.34. The Bertz CT molecular complexity index is 1390. The van der Waals surface area contributed by atoms with E-state index in [1.807, 2.05) is 70.4 Å². The largest absolute Gasteiger partial charge is 0.487 e. The fourth-order valence-electron chi connectivity index (χ4n) is 4.98. The molecular formula is C34H40N4O5. The van der Waals surface area contributed by atoms with Crippen molar-refractivity contribution in [2.45, 2.75) is 50.6 Å². The van der Waals surface area contributed by atoms with Crippen LogP contribution in [0.2, 0.25) is 0 Å². The molecule has 2 bridgehead atoms. The van der Waals surface area contributed by atoms with Gasteiger partial charge in [0.15, 0.2) is 0 Å². The Labute approximate surface area is 252 Å². The van der Waals surface area contributed by atoms with Crippen LogP contribution in [0.1, 0.15) is 36.6 Å². The molecule has 3 aromatic rings. The first kappa shape index (κ1) is 31.5. The van der Waals surface area contributed by atoms with E-state index in [-0.39, 0.29) is 11.8 Å². The number of rotatable bonds is 8. The Morgan fingerprint density at radius 3 is 2.16 bits per heavy atom. The van der Waals surface area contributed by atoms with Gasteiger partial charge in [0.25, 0.3) is 0 Å². The zero-order valence-corrected chi connectivity index (χ0v) is 24.9. The summed E-state index contributed by atoms with van der Waals surface area (Å²) < 4.78 is 6.35. The van der Waals surface area contributed by atoms with Gasteiger partial charge in [-0.25, -0.2) is 0 Å². The number of amides is 3. The third-order valence-electron chi connectivity index (χ3n) is 7.45. The van der Waals surface area contributed by atoms with Gasteiger partial charge in [-0.15, -0.1) is 0 Å². The maximum absolute atomic E-state index is 14.1. The summed E-state index contributed by atoms with van der Waals surface area (Å²) in [5, 5.41) is 19.6. The van der Waals surface area contributed by atoms with Crippen molar-refractivity contribution in [3.63, 3.8) is 0 Å². The number of aliphatic hydroxyl groups is 1. The number of hydrogen-bond donors (Lipinski definition) is 4. The molecule has 0 fully saturated rings. The fraction of sp³-hybridized carbons (Fsp3) is 0.324. The van der Waals surface area contributed by atoms with Gasteiger partial charge in [0.05, 0.1) is 6.04 Å². The molecule has 0 aliphatic carbocycles. The second-order valence-electron chi connectivity index (χ2n) is 11.2. The minimum atomic E-state index is -1.36. The maximum atomic E-state index is 14.1. The molecular weight excluding hydrogens is 544 g/mol. The number of carbonyl (C=O) groups is 3. The van der Waals surface area contributed by atoms with Gasteiger partial charge in [-0.3, -0.25) is 19.3 Å². The minimum Gasteiger partial charge on any atom is -0.487 e. The lowest BCUT2D eigenvalue weighted by molar-refractivity contribution is -0.137. The Kier molecular flexibility index (Phi) is 10.7. The van der Waals surface area contributed by atoms with Crippen LogP contribution in [0.4, 0.5) is 0 Å². The minimum absolute atomic E-state index is 0.221. The van der Waals surface area contributed by atoms with Crippen LogP contribution in [-0.2, 0) is 20.8 Å². The first-order valence-corrected chi connectivity index (χ1v) is 14.4. The van der Waals surface area contributed by atoms with Crippen molar-refractivity contribution < 1.29 is 24.2 Å². The van der Waals surface area contributed by atoms with E-state index in [9.17, 15) is 19.5 Å². The average Bonchev–Trinajstić information content (AvgIpc) is 3.00. The summed E-state index contributed by atoms with van der Waals surface area (Å²) in [6.45, 7) is 3.79. The zero-order chi connectivity index (χ0) is 30.9. The predicted molar refractivity (Wildman–Crippen MR) is 166 cm³/mol. The highest BCUT2D eigenvalue weighted by atomic mass is 16.5. The van der Waals surface area contributed by atoms with E-state index in [1.54, 1.807) is 53.4 Å². The SMILES string of the molecule is CC(C)[C@@H]1Oc2ccc(cc2)/C=C/NC(=O)[C@H](C(O)c2ccccc2)NC(=O)[C@H]1NC(=O)[C@H](Cc1ccccc1)N(C)C. The molecule has 1 unspecified atom stereocenters. The van der Waals surface area contributed by atoms with Gasteiger partial charge in [-0.05, 0) is 61.3 Å². The summed E-state index contributed by atoms with van der Waals surface area (Å²) in [5.41, 5.74) is 2.24. The van der Waals surface area contributed by atoms with Crippen molar-refractivity contribution >= 4 is 23.8 Å². The molecule has 0 spiro atoms. The smallest absolute Gasteiger partial charge is 0.249 e. The molecule has 9 nitrogen and oxygen atoms in total. The van der Waals surface area contributed by atoms with Crippen LogP contribution in [0.3, 0.4) is 0 Å². The van der Waals surface area contributed by atoms with E-state index in [4.69, 9.17) is 4.74 Å². The molecule has 2 heterocycles. The van der Waals surface area contributed by atoms with Gasteiger partial charge in [0.1, 0.15) is 30.0 Å².